The highest BCUT2D eigenvalue weighted by atomic mass is 19.1. The van der Waals surface area contributed by atoms with Crippen LogP contribution in [0.3, 0.4) is 0 Å². The Balaban J connectivity index is 0.000000129. The number of aromatic nitrogens is 7. The zero-order chi connectivity index (χ0) is 77.9. The molecule has 0 aliphatic carbocycles. The molecule has 0 spiro atoms. The molecular weight excluding hydrogens is 1460 g/mol. The zero-order valence-electron chi connectivity index (χ0n) is 62.6. The van der Waals surface area contributed by atoms with Crippen LogP contribution in [0.25, 0.3) is 33.8 Å². The summed E-state index contributed by atoms with van der Waals surface area (Å²) in [7, 11) is 0. The van der Waals surface area contributed by atoms with Crippen LogP contribution < -0.4 is 28.9 Å². The SMILES string of the molecule is N#Cc1cc(-c2ncnc3c2N=C(c2ccc(N4CCOCC4)c(F)c2)C3)ccc1OC1CCN(C(=O)CO)CC1.N#Cc1cc(-c2ncnc3c2N=C(c2ccc(N4CCOCC4)c(F)c2)C3)ccc1OC1CCOCC1.N#Cc1cc(-c2ncnc3c2N=C(c2ccc(N4CCOCC4)nc2)C3)ccc1OC1CCOCC1. The van der Waals surface area contributed by atoms with Crippen LogP contribution >= 0.6 is 0 Å². The van der Waals surface area contributed by atoms with E-state index in [2.05, 4.69) is 64.1 Å². The summed E-state index contributed by atoms with van der Waals surface area (Å²) in [5.74, 6) is 1.71. The molecule has 6 fully saturated rings. The number of aliphatic hydroxyl groups excluding tert-OH is 1. The maximum absolute atomic E-state index is 15.1. The molecular formula is C85H81F2N17O10. The van der Waals surface area contributed by atoms with Gasteiger partial charge in [-0.15, -0.1) is 0 Å². The number of hydrogen-bond donors (Lipinski definition) is 1. The number of carbonyl (C=O) groups excluding carboxylic acids is 1. The van der Waals surface area contributed by atoms with Gasteiger partial charge in [-0.2, -0.15) is 15.8 Å². The van der Waals surface area contributed by atoms with E-state index in [0.717, 1.165) is 114 Å². The Morgan fingerprint density at radius 3 is 1.12 bits per heavy atom. The molecule has 0 saturated carbocycles. The fraction of sp³-hybridized carbons (Fsp3) is 0.365. The van der Waals surface area contributed by atoms with E-state index in [-0.39, 0.29) is 35.9 Å². The van der Waals surface area contributed by atoms with Crippen molar-refractivity contribution in [3.63, 3.8) is 0 Å². The lowest BCUT2D eigenvalue weighted by Gasteiger charge is -2.32. The number of fused-ring (bicyclic) bond motifs is 3. The number of pyridine rings is 1. The van der Waals surface area contributed by atoms with Crippen LogP contribution in [0.5, 0.6) is 17.2 Å². The van der Waals surface area contributed by atoms with Crippen molar-refractivity contribution < 1.29 is 56.6 Å². The topological polar surface area (TPSA) is 323 Å². The lowest BCUT2D eigenvalue weighted by atomic mass is 10.0. The molecule has 4 aromatic heterocycles. The molecule has 580 valence electrons. The molecule has 9 aliphatic rings. The van der Waals surface area contributed by atoms with Crippen molar-refractivity contribution in [3.05, 3.63) is 190 Å². The number of aliphatic hydroxyl groups is 1. The van der Waals surface area contributed by atoms with Gasteiger partial charge < -0.3 is 62.6 Å². The van der Waals surface area contributed by atoms with Crippen LogP contribution in [-0.2, 0) is 47.7 Å². The normalized spacial score (nSPS) is 17.6. The molecule has 1 amide bonds. The van der Waals surface area contributed by atoms with E-state index in [9.17, 15) is 20.6 Å². The maximum atomic E-state index is 15.1. The number of benzene rings is 5. The minimum absolute atomic E-state index is 0.0391. The molecule has 9 aromatic rings. The van der Waals surface area contributed by atoms with E-state index >= 15 is 8.78 Å². The van der Waals surface area contributed by atoms with Crippen molar-refractivity contribution in [1.29, 1.82) is 15.8 Å². The molecule has 1 N–H and O–H groups in total. The Morgan fingerprint density at radius 2 is 0.763 bits per heavy atom. The number of nitriles is 3. The van der Waals surface area contributed by atoms with Gasteiger partial charge in [0.15, 0.2) is 0 Å². The number of amides is 1. The Bertz CT molecular complexity index is 5280. The fourth-order valence-corrected chi connectivity index (χ4v) is 15.2. The number of carbonyl (C=O) groups is 1. The summed E-state index contributed by atoms with van der Waals surface area (Å²) in [6.07, 6.45) is 12.4. The number of rotatable bonds is 16. The highest BCUT2D eigenvalue weighted by Crippen LogP contribution is 2.42. The number of morpholine rings is 3. The number of ether oxygens (including phenoxy) is 8. The Morgan fingerprint density at radius 1 is 0.412 bits per heavy atom. The Hall–Kier alpha value is -12.1. The van der Waals surface area contributed by atoms with Gasteiger partial charge in [-0.1, -0.05) is 12.1 Å². The third kappa shape index (κ3) is 17.1. The second-order valence-corrected chi connectivity index (χ2v) is 28.5. The van der Waals surface area contributed by atoms with E-state index in [1.807, 2.05) is 76.7 Å². The lowest BCUT2D eigenvalue weighted by molar-refractivity contribution is -0.135. The van der Waals surface area contributed by atoms with Crippen molar-refractivity contribution in [3.8, 4) is 69.2 Å². The predicted octanol–water partition coefficient (Wildman–Crippen LogP) is 10.7. The van der Waals surface area contributed by atoms with Crippen molar-refractivity contribution in [2.24, 2.45) is 15.0 Å². The molecule has 5 aromatic carbocycles. The highest BCUT2D eigenvalue weighted by Gasteiger charge is 2.31. The van der Waals surface area contributed by atoms with Gasteiger partial charge in [-0.25, -0.2) is 58.6 Å². The minimum atomic E-state index is -0.498. The molecule has 9 aliphatic heterocycles. The first kappa shape index (κ1) is 75.9. The van der Waals surface area contributed by atoms with Gasteiger partial charge in [0.25, 0.3) is 0 Å². The van der Waals surface area contributed by atoms with Crippen molar-refractivity contribution in [1.82, 2.24) is 39.8 Å². The molecule has 0 bridgehead atoms. The number of anilines is 3. The molecule has 114 heavy (non-hydrogen) atoms. The summed E-state index contributed by atoms with van der Waals surface area (Å²) in [5.41, 5.74) is 15.8. The van der Waals surface area contributed by atoms with Crippen LogP contribution in [0.4, 0.5) is 43.0 Å². The average molecular weight is 1540 g/mol. The number of aliphatic imine (C=N–C) groups is 3. The van der Waals surface area contributed by atoms with Crippen molar-refractivity contribution >= 4 is 57.3 Å². The minimum Gasteiger partial charge on any atom is -0.489 e. The number of nitrogens with zero attached hydrogens (tertiary/aromatic N) is 17. The Kier molecular flexibility index (Phi) is 23.5. The quantitative estimate of drug-likeness (QED) is 0.0939. The van der Waals surface area contributed by atoms with Gasteiger partial charge in [-0.3, -0.25) is 4.79 Å². The van der Waals surface area contributed by atoms with Crippen molar-refractivity contribution in [2.75, 3.05) is 140 Å². The Labute approximate surface area is 656 Å². The van der Waals surface area contributed by atoms with E-state index in [4.69, 9.17) is 58.0 Å². The van der Waals surface area contributed by atoms with E-state index in [1.165, 1.54) is 18.7 Å². The maximum Gasteiger partial charge on any atom is 0.248 e. The van der Waals surface area contributed by atoms with Gasteiger partial charge >= 0.3 is 0 Å². The van der Waals surface area contributed by atoms with Crippen molar-refractivity contribution in [2.45, 2.75) is 76.1 Å². The first-order chi connectivity index (χ1) is 56.0. The van der Waals surface area contributed by atoms with Crippen LogP contribution in [-0.4, -0.2) is 211 Å². The van der Waals surface area contributed by atoms with Crippen LogP contribution in [0.15, 0.2) is 143 Å². The second-order valence-electron chi connectivity index (χ2n) is 28.5. The summed E-state index contributed by atoms with van der Waals surface area (Å²) >= 11 is 0. The largest absolute Gasteiger partial charge is 0.489 e. The van der Waals surface area contributed by atoms with E-state index in [0.29, 0.717) is 215 Å². The van der Waals surface area contributed by atoms with Gasteiger partial charge in [0.2, 0.25) is 5.91 Å². The fourth-order valence-electron chi connectivity index (χ4n) is 15.2. The monoisotopic (exact) mass is 1540 g/mol. The van der Waals surface area contributed by atoms with Crippen LogP contribution in [0.1, 0.15) is 89.0 Å². The first-order valence-corrected chi connectivity index (χ1v) is 38.5. The van der Waals surface area contributed by atoms with Gasteiger partial charge in [0.05, 0.1) is 145 Å². The van der Waals surface area contributed by atoms with Crippen LogP contribution in [0.2, 0.25) is 0 Å². The number of piperidine rings is 1. The molecule has 18 rings (SSSR count). The van der Waals surface area contributed by atoms with Gasteiger partial charge in [0.1, 0.15) is 114 Å². The molecule has 0 radical (unpaired) electrons. The average Bonchev–Trinajstić information content (AvgIpc) is 1.83. The lowest BCUT2D eigenvalue weighted by Crippen LogP contribution is -2.42. The highest BCUT2D eigenvalue weighted by molar-refractivity contribution is 6.09. The molecule has 0 unspecified atom stereocenters. The van der Waals surface area contributed by atoms with Crippen LogP contribution in [0, 0.1) is 45.6 Å². The predicted molar refractivity (Wildman–Crippen MR) is 419 cm³/mol. The van der Waals surface area contributed by atoms with Gasteiger partial charge in [0, 0.05) is 139 Å². The third-order valence-corrected chi connectivity index (χ3v) is 21.4. The third-order valence-electron chi connectivity index (χ3n) is 21.4. The standard InChI is InChI=1S/C30H29FN6O4.C28H26FN5O3.C27H26N6O3/c31-23-14-19(1-3-26(23)36-9-11-40-12-10-36)24-15-25-30(35-24)29(34-18-33-25)20-2-4-27(21(13-20)16-32)41-22-5-7-37(8-6-22)28(39)17-38;29-22-14-18(1-3-25(22)34-7-11-36-12-8-34)23-15-24-28(33-23)27(32-17-31-24)19-2-4-26(20(13-19)16-30)37-21-5-9-35-10-6-21;28-15-20-13-18(1-3-24(20)36-21-5-9-34-10-6-21)26-27-23(30-17-31-26)14-22(32-27)19-2-4-25(29-16-19)33-7-11-35-12-8-33/h1-4,13-14,18,22,38H,5-12,15,17H2;1-4,13-14,17,21H,5-12,15H2;1-4,13,16-17,21H,5-12,14H2. The summed E-state index contributed by atoms with van der Waals surface area (Å²) in [6, 6.07) is 37.7. The molecule has 0 atom stereocenters. The second kappa shape index (κ2) is 35.3. The smallest absolute Gasteiger partial charge is 0.248 e. The molecule has 13 heterocycles. The first-order valence-electron chi connectivity index (χ1n) is 38.5. The molecule has 27 nitrogen and oxygen atoms in total. The summed E-state index contributed by atoms with van der Waals surface area (Å²) in [6.45, 7) is 11.4. The summed E-state index contributed by atoms with van der Waals surface area (Å²) in [5, 5.41) is 38.5. The molecule has 6 saturated heterocycles. The number of hydrogen-bond acceptors (Lipinski definition) is 26. The molecule has 29 heteroatoms. The summed E-state index contributed by atoms with van der Waals surface area (Å²) in [4.78, 5) is 65.6. The summed E-state index contributed by atoms with van der Waals surface area (Å²) < 4.78 is 75.4. The van der Waals surface area contributed by atoms with Gasteiger partial charge in [-0.05, 0) is 102 Å². The van der Waals surface area contributed by atoms with E-state index < -0.39 is 6.61 Å². The van der Waals surface area contributed by atoms with E-state index in [1.54, 1.807) is 41.6 Å². The number of likely N-dealkylation sites (tertiary alicyclic amines) is 1. The number of halogens is 2. The zero-order valence-corrected chi connectivity index (χ0v) is 62.6.